The fraction of sp³-hybridized carbons (Fsp3) is 0.333. The van der Waals surface area contributed by atoms with Crippen LogP contribution in [-0.2, 0) is 6.42 Å². The molecule has 0 spiro atoms. The standard InChI is InChI=1S/C18H20BrNO/c1-14-11-15-5-2-3-8-18(15)20(13-14)9-10-21-17-7-4-6-16(19)12-17/h2-8,12,14H,9-11,13H2,1H3. The van der Waals surface area contributed by atoms with Gasteiger partial charge in [0.2, 0.25) is 0 Å². The topological polar surface area (TPSA) is 12.5 Å². The number of ether oxygens (including phenoxy) is 1. The van der Waals surface area contributed by atoms with Crippen molar-refractivity contribution in [1.82, 2.24) is 0 Å². The number of fused-ring (bicyclic) bond motifs is 1. The summed E-state index contributed by atoms with van der Waals surface area (Å²) in [5.41, 5.74) is 2.83. The van der Waals surface area contributed by atoms with Gasteiger partial charge in [0.15, 0.2) is 0 Å². The van der Waals surface area contributed by atoms with Crippen molar-refractivity contribution in [3.8, 4) is 5.75 Å². The first kappa shape index (κ1) is 14.5. The highest BCUT2D eigenvalue weighted by Gasteiger charge is 2.20. The van der Waals surface area contributed by atoms with Crippen LogP contribution in [0.15, 0.2) is 53.0 Å². The molecule has 3 heteroatoms. The molecule has 0 saturated carbocycles. The lowest BCUT2D eigenvalue weighted by molar-refractivity contribution is 0.319. The van der Waals surface area contributed by atoms with E-state index in [9.17, 15) is 0 Å². The Kier molecular flexibility index (Phi) is 4.49. The van der Waals surface area contributed by atoms with E-state index in [0.717, 1.165) is 23.3 Å². The average molecular weight is 346 g/mol. The van der Waals surface area contributed by atoms with Gasteiger partial charge in [-0.2, -0.15) is 0 Å². The van der Waals surface area contributed by atoms with E-state index < -0.39 is 0 Å². The zero-order valence-corrected chi connectivity index (χ0v) is 13.8. The molecule has 0 amide bonds. The molecule has 21 heavy (non-hydrogen) atoms. The van der Waals surface area contributed by atoms with E-state index in [0.29, 0.717) is 12.5 Å². The van der Waals surface area contributed by atoms with Crippen LogP contribution in [0.25, 0.3) is 0 Å². The van der Waals surface area contributed by atoms with Crippen molar-refractivity contribution in [2.45, 2.75) is 13.3 Å². The monoisotopic (exact) mass is 345 g/mol. The summed E-state index contributed by atoms with van der Waals surface area (Å²) in [7, 11) is 0. The second-order valence-corrected chi connectivity index (χ2v) is 6.61. The number of rotatable bonds is 4. The summed E-state index contributed by atoms with van der Waals surface area (Å²) in [6.45, 7) is 5.06. The fourth-order valence-electron chi connectivity index (χ4n) is 2.95. The SMILES string of the molecule is CC1Cc2ccccc2N(CCOc2cccc(Br)c2)C1. The third-order valence-electron chi connectivity index (χ3n) is 3.86. The van der Waals surface area contributed by atoms with Gasteiger partial charge in [-0.05, 0) is 42.2 Å². The smallest absolute Gasteiger partial charge is 0.120 e. The fourth-order valence-corrected chi connectivity index (χ4v) is 3.33. The molecule has 0 aromatic heterocycles. The summed E-state index contributed by atoms with van der Waals surface area (Å²) in [5.74, 6) is 1.62. The Morgan fingerprint density at radius 2 is 2.05 bits per heavy atom. The maximum atomic E-state index is 5.87. The maximum absolute atomic E-state index is 5.87. The lowest BCUT2D eigenvalue weighted by Crippen LogP contribution is -2.37. The van der Waals surface area contributed by atoms with Crippen LogP contribution < -0.4 is 9.64 Å². The van der Waals surface area contributed by atoms with Crippen LogP contribution in [0.5, 0.6) is 5.75 Å². The summed E-state index contributed by atoms with van der Waals surface area (Å²) in [6.07, 6.45) is 1.18. The van der Waals surface area contributed by atoms with Crippen LogP contribution in [-0.4, -0.2) is 19.7 Å². The molecule has 1 aliphatic heterocycles. The number of benzene rings is 2. The molecular formula is C18H20BrNO. The molecule has 0 N–H and O–H groups in total. The van der Waals surface area contributed by atoms with Crippen LogP contribution in [0.4, 0.5) is 5.69 Å². The van der Waals surface area contributed by atoms with Crippen molar-refractivity contribution < 1.29 is 4.74 Å². The van der Waals surface area contributed by atoms with E-state index in [2.05, 4.69) is 52.0 Å². The molecule has 0 saturated heterocycles. The van der Waals surface area contributed by atoms with Gasteiger partial charge in [-0.15, -0.1) is 0 Å². The minimum Gasteiger partial charge on any atom is -0.492 e. The Bertz CT molecular complexity index is 614. The van der Waals surface area contributed by atoms with Crippen molar-refractivity contribution in [3.63, 3.8) is 0 Å². The molecule has 1 atom stereocenters. The number of hydrogen-bond donors (Lipinski definition) is 0. The normalized spacial score (nSPS) is 17.4. The molecule has 0 radical (unpaired) electrons. The number of hydrogen-bond acceptors (Lipinski definition) is 2. The van der Waals surface area contributed by atoms with E-state index in [1.807, 2.05) is 24.3 Å². The van der Waals surface area contributed by atoms with Gasteiger partial charge in [0.1, 0.15) is 12.4 Å². The van der Waals surface area contributed by atoms with Gasteiger partial charge in [-0.3, -0.25) is 0 Å². The Balaban J connectivity index is 1.63. The highest BCUT2D eigenvalue weighted by Crippen LogP contribution is 2.29. The van der Waals surface area contributed by atoms with E-state index in [1.54, 1.807) is 0 Å². The van der Waals surface area contributed by atoms with Crippen molar-refractivity contribution in [2.75, 3.05) is 24.6 Å². The first-order chi connectivity index (χ1) is 10.2. The van der Waals surface area contributed by atoms with Crippen LogP contribution in [0.3, 0.4) is 0 Å². The molecular weight excluding hydrogens is 326 g/mol. The van der Waals surface area contributed by atoms with Crippen LogP contribution in [0, 0.1) is 5.92 Å². The predicted molar refractivity (Wildman–Crippen MR) is 91.2 cm³/mol. The van der Waals surface area contributed by atoms with Gasteiger partial charge in [0.25, 0.3) is 0 Å². The third kappa shape index (κ3) is 3.59. The van der Waals surface area contributed by atoms with Gasteiger partial charge >= 0.3 is 0 Å². The Labute approximate surface area is 134 Å². The molecule has 3 rings (SSSR count). The molecule has 0 bridgehead atoms. The summed E-state index contributed by atoms with van der Waals surface area (Å²) in [4.78, 5) is 2.45. The highest BCUT2D eigenvalue weighted by molar-refractivity contribution is 9.10. The third-order valence-corrected chi connectivity index (χ3v) is 4.35. The molecule has 1 heterocycles. The van der Waals surface area contributed by atoms with Crippen molar-refractivity contribution in [3.05, 3.63) is 58.6 Å². The van der Waals surface area contributed by atoms with Crippen LogP contribution >= 0.6 is 15.9 Å². The van der Waals surface area contributed by atoms with Crippen molar-refractivity contribution in [2.24, 2.45) is 5.92 Å². The van der Waals surface area contributed by atoms with Crippen molar-refractivity contribution >= 4 is 21.6 Å². The second kappa shape index (κ2) is 6.52. The van der Waals surface area contributed by atoms with E-state index >= 15 is 0 Å². The number of halogens is 1. The lowest BCUT2D eigenvalue weighted by Gasteiger charge is -2.34. The molecule has 2 nitrogen and oxygen atoms in total. The molecule has 2 aromatic carbocycles. The van der Waals surface area contributed by atoms with Crippen LogP contribution in [0.1, 0.15) is 12.5 Å². The molecule has 0 fully saturated rings. The summed E-state index contributed by atoms with van der Waals surface area (Å²) >= 11 is 3.47. The molecule has 0 aliphatic carbocycles. The summed E-state index contributed by atoms with van der Waals surface area (Å²) in [6, 6.07) is 16.7. The van der Waals surface area contributed by atoms with Gasteiger partial charge in [0.05, 0.1) is 6.54 Å². The molecule has 1 aliphatic rings. The zero-order valence-electron chi connectivity index (χ0n) is 12.3. The Morgan fingerprint density at radius 3 is 2.90 bits per heavy atom. The van der Waals surface area contributed by atoms with Gasteiger partial charge in [-0.1, -0.05) is 47.1 Å². The highest BCUT2D eigenvalue weighted by atomic mass is 79.9. The summed E-state index contributed by atoms with van der Waals surface area (Å²) in [5, 5.41) is 0. The Morgan fingerprint density at radius 1 is 1.19 bits per heavy atom. The average Bonchev–Trinajstić information content (AvgIpc) is 2.47. The maximum Gasteiger partial charge on any atom is 0.120 e. The van der Waals surface area contributed by atoms with Gasteiger partial charge in [0, 0.05) is 16.7 Å². The molecule has 1 unspecified atom stereocenters. The van der Waals surface area contributed by atoms with Gasteiger partial charge in [-0.25, -0.2) is 0 Å². The summed E-state index contributed by atoms with van der Waals surface area (Å²) < 4.78 is 6.92. The van der Waals surface area contributed by atoms with E-state index in [1.165, 1.54) is 17.7 Å². The van der Waals surface area contributed by atoms with E-state index in [4.69, 9.17) is 4.74 Å². The first-order valence-electron chi connectivity index (χ1n) is 7.43. The number of nitrogens with zero attached hydrogens (tertiary/aromatic N) is 1. The van der Waals surface area contributed by atoms with E-state index in [-0.39, 0.29) is 0 Å². The quantitative estimate of drug-likeness (QED) is 0.807. The minimum absolute atomic E-state index is 0.700. The zero-order chi connectivity index (χ0) is 14.7. The predicted octanol–water partition coefficient (Wildman–Crippen LogP) is 4.53. The number of anilines is 1. The molecule has 110 valence electrons. The molecule has 2 aromatic rings. The number of para-hydroxylation sites is 1. The largest absolute Gasteiger partial charge is 0.492 e. The minimum atomic E-state index is 0.700. The second-order valence-electron chi connectivity index (χ2n) is 5.69. The van der Waals surface area contributed by atoms with Crippen molar-refractivity contribution in [1.29, 1.82) is 0 Å². The first-order valence-corrected chi connectivity index (χ1v) is 8.23. The lowest BCUT2D eigenvalue weighted by atomic mass is 9.94. The van der Waals surface area contributed by atoms with Gasteiger partial charge < -0.3 is 9.64 Å². The van der Waals surface area contributed by atoms with Crippen LogP contribution in [0.2, 0.25) is 0 Å². The Hall–Kier alpha value is -1.48.